The molecule has 5 nitrogen and oxygen atoms in total. The van der Waals surface area contributed by atoms with Gasteiger partial charge in [0.05, 0.1) is 6.04 Å². The van der Waals surface area contributed by atoms with Crippen molar-refractivity contribution in [1.29, 1.82) is 0 Å². The van der Waals surface area contributed by atoms with Crippen LogP contribution in [0.15, 0.2) is 48.8 Å². The highest BCUT2D eigenvalue weighted by atomic mass is 16.3. The summed E-state index contributed by atoms with van der Waals surface area (Å²) < 4.78 is 0. The van der Waals surface area contributed by atoms with Crippen molar-refractivity contribution in [2.45, 2.75) is 37.9 Å². The molecule has 1 atom stereocenters. The minimum atomic E-state index is -0.568. The molecule has 5 heteroatoms. The van der Waals surface area contributed by atoms with Crippen LogP contribution in [0.5, 0.6) is 5.75 Å². The van der Waals surface area contributed by atoms with Crippen LogP contribution in [0.4, 0.5) is 0 Å². The van der Waals surface area contributed by atoms with Gasteiger partial charge in [0.1, 0.15) is 5.75 Å². The van der Waals surface area contributed by atoms with E-state index in [-0.39, 0.29) is 11.7 Å². The van der Waals surface area contributed by atoms with Crippen LogP contribution in [0.3, 0.4) is 0 Å². The van der Waals surface area contributed by atoms with Gasteiger partial charge >= 0.3 is 0 Å². The molecule has 0 bridgehead atoms. The molecule has 120 valence electrons. The first kappa shape index (κ1) is 15.5. The second kappa shape index (κ2) is 6.79. The largest absolute Gasteiger partial charge is 0.508 e. The van der Waals surface area contributed by atoms with Crippen molar-refractivity contribution in [1.82, 2.24) is 9.88 Å². The SMILES string of the molecule is N[C@H](Cc1ccc(O)cc1)C(=O)N(Cc1ccncc1)C1CC1. The molecule has 0 unspecified atom stereocenters. The van der Waals surface area contributed by atoms with Gasteiger partial charge in [-0.15, -0.1) is 0 Å². The summed E-state index contributed by atoms with van der Waals surface area (Å²) in [5, 5.41) is 9.32. The number of aromatic hydroxyl groups is 1. The van der Waals surface area contributed by atoms with Crippen LogP contribution in [0.25, 0.3) is 0 Å². The van der Waals surface area contributed by atoms with Crippen molar-refractivity contribution in [3.8, 4) is 5.75 Å². The van der Waals surface area contributed by atoms with Gasteiger partial charge in [-0.25, -0.2) is 0 Å². The van der Waals surface area contributed by atoms with Crippen LogP contribution in [-0.2, 0) is 17.8 Å². The monoisotopic (exact) mass is 311 g/mol. The maximum absolute atomic E-state index is 12.7. The predicted molar refractivity (Wildman–Crippen MR) is 87.6 cm³/mol. The summed E-state index contributed by atoms with van der Waals surface area (Å²) in [5.41, 5.74) is 8.16. The molecular weight excluding hydrogens is 290 g/mol. The summed E-state index contributed by atoms with van der Waals surface area (Å²) in [7, 11) is 0. The van der Waals surface area contributed by atoms with Gasteiger partial charge in [-0.1, -0.05) is 12.1 Å². The number of phenolic OH excluding ortho intramolecular Hbond substituents is 1. The van der Waals surface area contributed by atoms with Gasteiger partial charge in [0.15, 0.2) is 0 Å². The number of carbonyl (C=O) groups is 1. The smallest absolute Gasteiger partial charge is 0.240 e. The zero-order valence-electron chi connectivity index (χ0n) is 12.9. The normalized spacial score (nSPS) is 15.2. The van der Waals surface area contributed by atoms with Crippen molar-refractivity contribution in [3.05, 3.63) is 59.9 Å². The highest BCUT2D eigenvalue weighted by Crippen LogP contribution is 2.29. The van der Waals surface area contributed by atoms with E-state index < -0.39 is 6.04 Å². The van der Waals surface area contributed by atoms with Gasteiger partial charge in [0, 0.05) is 25.0 Å². The van der Waals surface area contributed by atoms with Crippen LogP contribution in [0, 0.1) is 0 Å². The Morgan fingerprint density at radius 2 is 1.83 bits per heavy atom. The molecule has 1 aliphatic carbocycles. The van der Waals surface area contributed by atoms with E-state index in [1.165, 1.54) is 0 Å². The molecule has 1 amide bonds. The number of nitrogens with two attached hydrogens (primary N) is 1. The first-order chi connectivity index (χ1) is 11.1. The van der Waals surface area contributed by atoms with E-state index in [1.807, 2.05) is 17.0 Å². The fourth-order valence-corrected chi connectivity index (χ4v) is 2.64. The van der Waals surface area contributed by atoms with E-state index >= 15 is 0 Å². The summed E-state index contributed by atoms with van der Waals surface area (Å²) in [6, 6.07) is 10.4. The maximum atomic E-state index is 12.7. The van der Waals surface area contributed by atoms with Gasteiger partial charge < -0.3 is 15.7 Å². The fourth-order valence-electron chi connectivity index (χ4n) is 2.64. The molecule has 0 spiro atoms. The minimum absolute atomic E-state index is 0.0163. The topological polar surface area (TPSA) is 79.5 Å². The van der Waals surface area contributed by atoms with Crippen molar-refractivity contribution >= 4 is 5.91 Å². The lowest BCUT2D eigenvalue weighted by Gasteiger charge is -2.26. The van der Waals surface area contributed by atoms with Crippen molar-refractivity contribution < 1.29 is 9.90 Å². The highest BCUT2D eigenvalue weighted by molar-refractivity contribution is 5.82. The number of carbonyl (C=O) groups excluding carboxylic acids is 1. The van der Waals surface area contributed by atoms with Crippen LogP contribution in [0.2, 0.25) is 0 Å². The second-order valence-corrected chi connectivity index (χ2v) is 6.03. The number of benzene rings is 1. The van der Waals surface area contributed by atoms with Crippen LogP contribution in [0.1, 0.15) is 24.0 Å². The quantitative estimate of drug-likeness (QED) is 0.853. The predicted octanol–water partition coefficient (Wildman–Crippen LogP) is 1.85. The first-order valence-electron chi connectivity index (χ1n) is 7.86. The molecule has 1 saturated carbocycles. The number of nitrogens with zero attached hydrogens (tertiary/aromatic N) is 2. The number of hydrogen-bond acceptors (Lipinski definition) is 4. The third kappa shape index (κ3) is 4.07. The molecule has 1 aromatic heterocycles. The highest BCUT2D eigenvalue weighted by Gasteiger charge is 2.34. The number of pyridine rings is 1. The first-order valence-corrected chi connectivity index (χ1v) is 7.86. The Labute approximate surface area is 135 Å². The van der Waals surface area contributed by atoms with Crippen molar-refractivity contribution in [2.24, 2.45) is 5.73 Å². The number of amides is 1. The Hall–Kier alpha value is -2.40. The lowest BCUT2D eigenvalue weighted by Crippen LogP contribution is -2.45. The molecule has 3 N–H and O–H groups in total. The molecule has 1 aliphatic rings. The zero-order valence-corrected chi connectivity index (χ0v) is 12.9. The van der Waals surface area contributed by atoms with Crippen LogP contribution in [-0.4, -0.2) is 33.0 Å². The number of phenols is 1. The van der Waals surface area contributed by atoms with Gasteiger partial charge in [0.25, 0.3) is 0 Å². The van der Waals surface area contributed by atoms with E-state index in [0.29, 0.717) is 19.0 Å². The molecule has 23 heavy (non-hydrogen) atoms. The van der Waals surface area contributed by atoms with E-state index in [1.54, 1.807) is 36.7 Å². The average molecular weight is 311 g/mol. The molecule has 2 aromatic rings. The summed E-state index contributed by atoms with van der Waals surface area (Å²) >= 11 is 0. The molecule has 0 aliphatic heterocycles. The third-order valence-corrected chi connectivity index (χ3v) is 4.08. The molecule has 1 fully saturated rings. The van der Waals surface area contributed by atoms with E-state index in [0.717, 1.165) is 24.0 Å². The van der Waals surface area contributed by atoms with Gasteiger partial charge in [-0.05, 0) is 54.7 Å². The molecule has 1 aromatic carbocycles. The Bertz CT molecular complexity index is 654. The summed E-state index contributed by atoms with van der Waals surface area (Å²) in [5.74, 6) is 0.198. The van der Waals surface area contributed by atoms with Gasteiger partial charge in [0.2, 0.25) is 5.91 Å². The van der Waals surface area contributed by atoms with Crippen molar-refractivity contribution in [3.63, 3.8) is 0 Å². The van der Waals surface area contributed by atoms with Crippen molar-refractivity contribution in [2.75, 3.05) is 0 Å². The maximum Gasteiger partial charge on any atom is 0.240 e. The van der Waals surface area contributed by atoms with Gasteiger partial charge in [-0.3, -0.25) is 9.78 Å². The lowest BCUT2D eigenvalue weighted by atomic mass is 10.0. The Morgan fingerprint density at radius 3 is 2.43 bits per heavy atom. The molecule has 1 heterocycles. The summed E-state index contributed by atoms with van der Waals surface area (Å²) in [6.07, 6.45) is 6.03. The summed E-state index contributed by atoms with van der Waals surface area (Å²) in [6.45, 7) is 0.579. The molecule has 0 saturated heterocycles. The lowest BCUT2D eigenvalue weighted by molar-refractivity contribution is -0.133. The zero-order chi connectivity index (χ0) is 16.2. The molecular formula is C18H21N3O2. The number of hydrogen-bond donors (Lipinski definition) is 2. The number of aromatic nitrogens is 1. The third-order valence-electron chi connectivity index (χ3n) is 4.08. The Balaban J connectivity index is 1.66. The Morgan fingerprint density at radius 1 is 1.17 bits per heavy atom. The van der Waals surface area contributed by atoms with E-state index in [9.17, 15) is 9.90 Å². The van der Waals surface area contributed by atoms with Crippen LogP contribution >= 0.6 is 0 Å². The standard InChI is InChI=1S/C18H21N3O2/c19-17(11-13-1-5-16(22)6-2-13)18(23)21(15-3-4-15)12-14-7-9-20-10-8-14/h1-2,5-10,15,17,22H,3-4,11-12,19H2/t17-/m1/s1. The summed E-state index contributed by atoms with van der Waals surface area (Å²) in [4.78, 5) is 18.6. The molecule has 0 radical (unpaired) electrons. The minimum Gasteiger partial charge on any atom is -0.508 e. The van der Waals surface area contributed by atoms with Crippen LogP contribution < -0.4 is 5.73 Å². The Kier molecular flexibility index (Phi) is 4.57. The van der Waals surface area contributed by atoms with E-state index in [4.69, 9.17) is 5.73 Å². The van der Waals surface area contributed by atoms with Gasteiger partial charge in [-0.2, -0.15) is 0 Å². The van der Waals surface area contributed by atoms with E-state index in [2.05, 4.69) is 4.98 Å². The second-order valence-electron chi connectivity index (χ2n) is 6.03. The fraction of sp³-hybridized carbons (Fsp3) is 0.333. The molecule has 3 rings (SSSR count). The average Bonchev–Trinajstić information content (AvgIpc) is 3.40. The number of rotatable bonds is 6.